The molecule has 0 saturated heterocycles. The lowest BCUT2D eigenvalue weighted by atomic mass is 9.89. The fourth-order valence-corrected chi connectivity index (χ4v) is 1.15. The Morgan fingerprint density at radius 1 is 1.17 bits per heavy atom. The first kappa shape index (κ1) is 11.5. The summed E-state index contributed by atoms with van der Waals surface area (Å²) in [4.78, 5) is 0. The van der Waals surface area contributed by atoms with Crippen molar-refractivity contribution in [1.29, 1.82) is 5.41 Å². The third-order valence-electron chi connectivity index (χ3n) is 1.87. The molecule has 0 aliphatic carbocycles. The molecular formula is C10H22N2. The molecule has 0 bridgehead atoms. The lowest BCUT2D eigenvalue weighted by molar-refractivity contribution is 0.358. The summed E-state index contributed by atoms with van der Waals surface area (Å²) >= 11 is 0. The molecular weight excluding hydrogens is 148 g/mol. The summed E-state index contributed by atoms with van der Waals surface area (Å²) in [5.41, 5.74) is 5.70. The molecule has 0 radical (unpaired) electrons. The van der Waals surface area contributed by atoms with Gasteiger partial charge in [0.1, 0.15) is 0 Å². The minimum Gasteiger partial charge on any atom is -0.388 e. The second kappa shape index (κ2) is 5.18. The monoisotopic (exact) mass is 170 g/mol. The number of nitrogens with one attached hydrogen (secondary N) is 1. The van der Waals surface area contributed by atoms with E-state index in [1.807, 2.05) is 0 Å². The molecule has 0 aromatic heterocycles. The van der Waals surface area contributed by atoms with E-state index in [1.165, 1.54) is 19.3 Å². The van der Waals surface area contributed by atoms with Crippen molar-refractivity contribution in [1.82, 2.24) is 0 Å². The maximum absolute atomic E-state index is 7.03. The van der Waals surface area contributed by atoms with E-state index in [-0.39, 0.29) is 0 Å². The summed E-state index contributed by atoms with van der Waals surface area (Å²) < 4.78 is 0. The van der Waals surface area contributed by atoms with Crippen molar-refractivity contribution in [3.8, 4) is 0 Å². The minimum atomic E-state index is 0.325. The van der Waals surface area contributed by atoms with Crippen LogP contribution in [0.5, 0.6) is 0 Å². The molecule has 3 N–H and O–H groups in total. The molecule has 0 aliphatic rings. The number of hydrogen-bond acceptors (Lipinski definition) is 1. The van der Waals surface area contributed by atoms with Gasteiger partial charge in [0.15, 0.2) is 0 Å². The van der Waals surface area contributed by atoms with E-state index in [1.54, 1.807) is 0 Å². The van der Waals surface area contributed by atoms with Crippen LogP contribution in [0.25, 0.3) is 0 Å². The summed E-state index contributed by atoms with van der Waals surface area (Å²) in [6.45, 7) is 6.79. The number of rotatable bonds is 5. The topological polar surface area (TPSA) is 49.9 Å². The molecule has 2 heteroatoms. The van der Waals surface area contributed by atoms with Crippen LogP contribution in [0.15, 0.2) is 0 Å². The fourth-order valence-electron chi connectivity index (χ4n) is 1.15. The van der Waals surface area contributed by atoms with E-state index in [0.29, 0.717) is 11.3 Å². The highest BCUT2D eigenvalue weighted by atomic mass is 14.7. The maximum Gasteiger partial charge on any atom is 0.0905 e. The smallest absolute Gasteiger partial charge is 0.0905 e. The standard InChI is InChI=1S/C10H22N2/c1-10(2,3)8-6-4-5-7-9(11)12/h4-8H2,1-3H3,(H3,11,12). The van der Waals surface area contributed by atoms with Gasteiger partial charge in [-0.3, -0.25) is 5.41 Å². The van der Waals surface area contributed by atoms with Crippen molar-refractivity contribution in [3.05, 3.63) is 0 Å². The Labute approximate surface area is 76.0 Å². The predicted octanol–water partition coefficient (Wildman–Crippen LogP) is 2.92. The van der Waals surface area contributed by atoms with Gasteiger partial charge in [-0.15, -0.1) is 0 Å². The van der Waals surface area contributed by atoms with Gasteiger partial charge in [-0.25, -0.2) is 0 Å². The van der Waals surface area contributed by atoms with Crippen LogP contribution in [0.2, 0.25) is 0 Å². The largest absolute Gasteiger partial charge is 0.388 e. The molecule has 0 rings (SSSR count). The minimum absolute atomic E-state index is 0.325. The molecule has 0 unspecified atom stereocenters. The quantitative estimate of drug-likeness (QED) is 0.372. The number of unbranched alkanes of at least 4 members (excludes halogenated alkanes) is 2. The SMILES string of the molecule is CC(C)(C)CCCCCC(=N)N. The highest BCUT2D eigenvalue weighted by Gasteiger charge is 2.08. The first-order valence-electron chi connectivity index (χ1n) is 4.75. The van der Waals surface area contributed by atoms with Crippen molar-refractivity contribution >= 4 is 5.84 Å². The zero-order chi connectivity index (χ0) is 9.61. The average molecular weight is 170 g/mol. The Bertz CT molecular complexity index is 133. The molecule has 0 amide bonds. The van der Waals surface area contributed by atoms with E-state index in [9.17, 15) is 0 Å². The van der Waals surface area contributed by atoms with E-state index >= 15 is 0 Å². The van der Waals surface area contributed by atoms with Gasteiger partial charge in [0.05, 0.1) is 5.84 Å². The number of hydrogen-bond donors (Lipinski definition) is 2. The second-order valence-electron chi connectivity index (χ2n) is 4.65. The molecule has 0 aromatic rings. The average Bonchev–Trinajstić information content (AvgIpc) is 1.83. The highest BCUT2D eigenvalue weighted by Crippen LogP contribution is 2.22. The zero-order valence-electron chi connectivity index (χ0n) is 8.61. The first-order chi connectivity index (χ1) is 5.42. The zero-order valence-corrected chi connectivity index (χ0v) is 8.61. The van der Waals surface area contributed by atoms with Crippen molar-refractivity contribution in [2.45, 2.75) is 52.9 Å². The molecule has 12 heavy (non-hydrogen) atoms. The highest BCUT2D eigenvalue weighted by molar-refractivity contribution is 5.76. The van der Waals surface area contributed by atoms with Crippen LogP contribution in [-0.2, 0) is 0 Å². The third kappa shape index (κ3) is 9.47. The lowest BCUT2D eigenvalue weighted by Crippen LogP contribution is -2.09. The van der Waals surface area contributed by atoms with E-state index in [2.05, 4.69) is 20.8 Å². The van der Waals surface area contributed by atoms with Gasteiger partial charge in [0, 0.05) is 6.42 Å². The van der Waals surface area contributed by atoms with Crippen molar-refractivity contribution in [3.63, 3.8) is 0 Å². The summed E-state index contributed by atoms with van der Waals surface area (Å²) in [6.07, 6.45) is 5.58. The van der Waals surface area contributed by atoms with E-state index in [4.69, 9.17) is 11.1 Å². The van der Waals surface area contributed by atoms with Crippen LogP contribution in [0.4, 0.5) is 0 Å². The van der Waals surface area contributed by atoms with Crippen molar-refractivity contribution in [2.24, 2.45) is 11.1 Å². The predicted molar refractivity (Wildman–Crippen MR) is 54.5 cm³/mol. The van der Waals surface area contributed by atoms with Crippen molar-refractivity contribution < 1.29 is 0 Å². The summed E-state index contributed by atoms with van der Waals surface area (Å²) in [5, 5.41) is 7.03. The van der Waals surface area contributed by atoms with E-state index in [0.717, 1.165) is 12.8 Å². The molecule has 0 fully saturated rings. The van der Waals surface area contributed by atoms with Gasteiger partial charge in [-0.2, -0.15) is 0 Å². The Hall–Kier alpha value is -0.530. The van der Waals surface area contributed by atoms with Crippen LogP contribution in [0.1, 0.15) is 52.9 Å². The second-order valence-corrected chi connectivity index (χ2v) is 4.65. The summed E-state index contributed by atoms with van der Waals surface area (Å²) in [7, 11) is 0. The van der Waals surface area contributed by atoms with Gasteiger partial charge in [-0.05, 0) is 18.3 Å². The summed E-state index contributed by atoms with van der Waals surface area (Å²) in [6, 6.07) is 0. The van der Waals surface area contributed by atoms with Crippen LogP contribution in [0.3, 0.4) is 0 Å². The third-order valence-corrected chi connectivity index (χ3v) is 1.87. The Kier molecular flexibility index (Phi) is 4.95. The molecule has 72 valence electrons. The van der Waals surface area contributed by atoms with E-state index < -0.39 is 0 Å². The van der Waals surface area contributed by atoms with Gasteiger partial charge in [0.2, 0.25) is 0 Å². The van der Waals surface area contributed by atoms with Crippen LogP contribution in [0, 0.1) is 10.8 Å². The molecule has 0 saturated carbocycles. The molecule has 0 aliphatic heterocycles. The Balaban J connectivity index is 3.17. The van der Waals surface area contributed by atoms with Gasteiger partial charge < -0.3 is 5.73 Å². The first-order valence-corrected chi connectivity index (χ1v) is 4.75. The van der Waals surface area contributed by atoms with Gasteiger partial charge in [-0.1, -0.05) is 33.6 Å². The molecule has 0 heterocycles. The summed E-state index contributed by atoms with van der Waals surface area (Å²) in [5.74, 6) is 0.325. The Morgan fingerprint density at radius 2 is 1.75 bits per heavy atom. The lowest BCUT2D eigenvalue weighted by Gasteiger charge is -2.17. The molecule has 2 nitrogen and oxygen atoms in total. The van der Waals surface area contributed by atoms with Crippen molar-refractivity contribution in [2.75, 3.05) is 0 Å². The molecule has 0 spiro atoms. The van der Waals surface area contributed by atoms with Crippen LogP contribution in [-0.4, -0.2) is 5.84 Å². The van der Waals surface area contributed by atoms with Crippen LogP contribution < -0.4 is 5.73 Å². The molecule has 0 aromatic carbocycles. The van der Waals surface area contributed by atoms with Gasteiger partial charge >= 0.3 is 0 Å². The maximum atomic E-state index is 7.03. The number of nitrogens with two attached hydrogens (primary N) is 1. The Morgan fingerprint density at radius 3 is 2.17 bits per heavy atom. The molecule has 0 atom stereocenters. The fraction of sp³-hybridized carbons (Fsp3) is 0.900. The van der Waals surface area contributed by atoms with Crippen LogP contribution >= 0.6 is 0 Å². The van der Waals surface area contributed by atoms with Gasteiger partial charge in [0.25, 0.3) is 0 Å². The normalized spacial score (nSPS) is 11.6. The number of amidine groups is 1.